The van der Waals surface area contributed by atoms with Crippen LogP contribution in [0.15, 0.2) is 6.33 Å². The minimum atomic E-state index is 0.611. The highest BCUT2D eigenvalue weighted by atomic mass is 15.2. The van der Waals surface area contributed by atoms with Gasteiger partial charge in [0.1, 0.15) is 18.0 Å². The first-order valence-corrected chi connectivity index (χ1v) is 7.69. The number of aromatic nitrogens is 2. The molecule has 0 radical (unpaired) electrons. The predicted molar refractivity (Wildman–Crippen MR) is 83.7 cm³/mol. The van der Waals surface area contributed by atoms with E-state index < -0.39 is 0 Å². The van der Waals surface area contributed by atoms with Crippen LogP contribution in [-0.2, 0) is 6.42 Å². The Morgan fingerprint density at radius 2 is 2.25 bits per heavy atom. The predicted octanol–water partition coefficient (Wildman–Crippen LogP) is 2.15. The van der Waals surface area contributed by atoms with Crippen LogP contribution < -0.4 is 11.1 Å². The third-order valence-corrected chi connectivity index (χ3v) is 4.08. The second-order valence-electron chi connectivity index (χ2n) is 5.96. The maximum atomic E-state index is 5.95. The maximum absolute atomic E-state index is 5.95. The van der Waals surface area contributed by atoms with Gasteiger partial charge in [0.2, 0.25) is 0 Å². The Hall–Kier alpha value is -1.36. The van der Waals surface area contributed by atoms with Gasteiger partial charge in [0.25, 0.3) is 0 Å². The van der Waals surface area contributed by atoms with E-state index in [0.29, 0.717) is 17.8 Å². The SMILES string of the molecule is CCCc1c(N)ncnc1NCC1CCN(C(C)C)C1. The largest absolute Gasteiger partial charge is 0.383 e. The highest BCUT2D eigenvalue weighted by Gasteiger charge is 2.24. The van der Waals surface area contributed by atoms with E-state index in [2.05, 4.69) is 41.0 Å². The molecule has 1 unspecified atom stereocenters. The summed E-state index contributed by atoms with van der Waals surface area (Å²) in [5.41, 5.74) is 7.02. The molecular formula is C15H27N5. The van der Waals surface area contributed by atoms with Crippen molar-refractivity contribution in [2.75, 3.05) is 30.7 Å². The van der Waals surface area contributed by atoms with E-state index in [4.69, 9.17) is 5.73 Å². The van der Waals surface area contributed by atoms with Crippen molar-refractivity contribution in [2.45, 2.75) is 46.1 Å². The molecule has 112 valence electrons. The Balaban J connectivity index is 1.93. The summed E-state index contributed by atoms with van der Waals surface area (Å²) in [6.45, 7) is 10.0. The average Bonchev–Trinajstić information content (AvgIpc) is 2.89. The molecule has 5 nitrogen and oxygen atoms in total. The van der Waals surface area contributed by atoms with Gasteiger partial charge in [-0.05, 0) is 39.2 Å². The minimum Gasteiger partial charge on any atom is -0.383 e. The molecule has 0 bridgehead atoms. The molecule has 0 spiro atoms. The summed E-state index contributed by atoms with van der Waals surface area (Å²) in [6, 6.07) is 0.644. The number of hydrogen-bond acceptors (Lipinski definition) is 5. The van der Waals surface area contributed by atoms with Crippen molar-refractivity contribution >= 4 is 11.6 Å². The number of nitrogens with two attached hydrogens (primary N) is 1. The summed E-state index contributed by atoms with van der Waals surface area (Å²) in [5, 5.41) is 3.48. The van der Waals surface area contributed by atoms with Crippen molar-refractivity contribution < 1.29 is 0 Å². The fraction of sp³-hybridized carbons (Fsp3) is 0.733. The lowest BCUT2D eigenvalue weighted by atomic mass is 10.1. The van der Waals surface area contributed by atoms with Crippen molar-refractivity contribution in [3.8, 4) is 0 Å². The molecule has 2 rings (SSSR count). The van der Waals surface area contributed by atoms with Crippen molar-refractivity contribution in [3.63, 3.8) is 0 Å². The summed E-state index contributed by atoms with van der Waals surface area (Å²) in [4.78, 5) is 11.0. The Kier molecular flexibility index (Phi) is 5.17. The van der Waals surface area contributed by atoms with E-state index in [1.807, 2.05) is 0 Å². The highest BCUT2D eigenvalue weighted by Crippen LogP contribution is 2.22. The molecule has 0 aliphatic carbocycles. The summed E-state index contributed by atoms with van der Waals surface area (Å²) >= 11 is 0. The molecule has 5 heteroatoms. The topological polar surface area (TPSA) is 67.1 Å². The molecular weight excluding hydrogens is 250 g/mol. The molecule has 3 N–H and O–H groups in total. The molecule has 1 aliphatic heterocycles. The number of rotatable bonds is 6. The van der Waals surface area contributed by atoms with Crippen LogP contribution in [0, 0.1) is 5.92 Å². The van der Waals surface area contributed by atoms with Crippen LogP contribution in [0.1, 0.15) is 39.2 Å². The molecule has 0 amide bonds. The number of hydrogen-bond donors (Lipinski definition) is 2. The smallest absolute Gasteiger partial charge is 0.134 e. The lowest BCUT2D eigenvalue weighted by Gasteiger charge is -2.20. The number of nitrogens with one attached hydrogen (secondary N) is 1. The summed E-state index contributed by atoms with van der Waals surface area (Å²) < 4.78 is 0. The van der Waals surface area contributed by atoms with Crippen LogP contribution in [0.2, 0.25) is 0 Å². The first-order valence-electron chi connectivity index (χ1n) is 7.69. The number of anilines is 2. The van der Waals surface area contributed by atoms with E-state index in [1.165, 1.54) is 19.5 Å². The Morgan fingerprint density at radius 1 is 1.45 bits per heavy atom. The molecule has 1 aromatic rings. The molecule has 1 aromatic heterocycles. The second kappa shape index (κ2) is 6.88. The third kappa shape index (κ3) is 3.60. The van der Waals surface area contributed by atoms with Crippen LogP contribution in [0.25, 0.3) is 0 Å². The Labute approximate surface area is 122 Å². The van der Waals surface area contributed by atoms with Crippen molar-refractivity contribution in [1.82, 2.24) is 14.9 Å². The Morgan fingerprint density at radius 3 is 2.90 bits per heavy atom. The van der Waals surface area contributed by atoms with Crippen LogP contribution in [0.5, 0.6) is 0 Å². The van der Waals surface area contributed by atoms with E-state index in [9.17, 15) is 0 Å². The maximum Gasteiger partial charge on any atom is 0.134 e. The lowest BCUT2D eigenvalue weighted by Crippen LogP contribution is -2.29. The van der Waals surface area contributed by atoms with Crippen LogP contribution in [0.3, 0.4) is 0 Å². The van der Waals surface area contributed by atoms with Gasteiger partial charge in [-0.3, -0.25) is 0 Å². The van der Waals surface area contributed by atoms with Gasteiger partial charge in [-0.2, -0.15) is 0 Å². The summed E-state index contributed by atoms with van der Waals surface area (Å²) in [6.07, 6.45) is 4.79. The zero-order valence-corrected chi connectivity index (χ0v) is 12.9. The first-order chi connectivity index (χ1) is 9.61. The quantitative estimate of drug-likeness (QED) is 0.834. The van der Waals surface area contributed by atoms with Gasteiger partial charge in [0, 0.05) is 24.7 Å². The molecule has 1 fully saturated rings. The monoisotopic (exact) mass is 277 g/mol. The molecule has 0 saturated carbocycles. The number of nitrogen functional groups attached to an aromatic ring is 1. The fourth-order valence-corrected chi connectivity index (χ4v) is 2.81. The third-order valence-electron chi connectivity index (χ3n) is 4.08. The standard InChI is InChI=1S/C15H27N5/c1-4-5-13-14(16)18-10-19-15(13)17-8-12-6-7-20(9-12)11(2)3/h10-12H,4-9H2,1-3H3,(H3,16,17,18,19). The normalized spacial score (nSPS) is 19.7. The molecule has 1 aliphatic rings. The molecule has 0 aromatic carbocycles. The van der Waals surface area contributed by atoms with Crippen LogP contribution in [0.4, 0.5) is 11.6 Å². The highest BCUT2D eigenvalue weighted by molar-refractivity contribution is 5.54. The molecule has 20 heavy (non-hydrogen) atoms. The lowest BCUT2D eigenvalue weighted by molar-refractivity contribution is 0.266. The van der Waals surface area contributed by atoms with E-state index in [1.54, 1.807) is 6.33 Å². The van der Waals surface area contributed by atoms with Crippen molar-refractivity contribution in [2.24, 2.45) is 5.92 Å². The van der Waals surface area contributed by atoms with E-state index in [0.717, 1.165) is 30.8 Å². The fourth-order valence-electron chi connectivity index (χ4n) is 2.81. The second-order valence-corrected chi connectivity index (χ2v) is 5.96. The minimum absolute atomic E-state index is 0.611. The van der Waals surface area contributed by atoms with Gasteiger partial charge in [-0.1, -0.05) is 13.3 Å². The van der Waals surface area contributed by atoms with Crippen molar-refractivity contribution in [3.05, 3.63) is 11.9 Å². The molecule has 2 heterocycles. The number of likely N-dealkylation sites (tertiary alicyclic amines) is 1. The van der Waals surface area contributed by atoms with Gasteiger partial charge in [-0.25, -0.2) is 9.97 Å². The van der Waals surface area contributed by atoms with Crippen LogP contribution >= 0.6 is 0 Å². The van der Waals surface area contributed by atoms with E-state index in [-0.39, 0.29) is 0 Å². The van der Waals surface area contributed by atoms with Crippen molar-refractivity contribution in [1.29, 1.82) is 0 Å². The van der Waals surface area contributed by atoms with Gasteiger partial charge in [-0.15, -0.1) is 0 Å². The van der Waals surface area contributed by atoms with Gasteiger partial charge < -0.3 is 16.0 Å². The Bertz CT molecular complexity index is 432. The summed E-state index contributed by atoms with van der Waals surface area (Å²) in [7, 11) is 0. The van der Waals surface area contributed by atoms with Gasteiger partial charge >= 0.3 is 0 Å². The average molecular weight is 277 g/mol. The number of nitrogens with zero attached hydrogens (tertiary/aromatic N) is 3. The van der Waals surface area contributed by atoms with E-state index >= 15 is 0 Å². The zero-order chi connectivity index (χ0) is 14.5. The molecule has 1 atom stereocenters. The molecule has 1 saturated heterocycles. The van der Waals surface area contributed by atoms with Gasteiger partial charge in [0.15, 0.2) is 0 Å². The van der Waals surface area contributed by atoms with Crippen LogP contribution in [-0.4, -0.2) is 40.5 Å². The zero-order valence-electron chi connectivity index (χ0n) is 12.9. The van der Waals surface area contributed by atoms with Gasteiger partial charge in [0.05, 0.1) is 0 Å². The summed E-state index contributed by atoms with van der Waals surface area (Å²) in [5.74, 6) is 2.23. The first kappa shape index (κ1) is 15.0.